The van der Waals surface area contributed by atoms with Crippen LogP contribution in [0.3, 0.4) is 0 Å². The van der Waals surface area contributed by atoms with Crippen LogP contribution in [0.2, 0.25) is 0 Å². The molecule has 3 rings (SSSR count). The number of phenolic OH excluding ortho intramolecular Hbond substituents is 3. The summed E-state index contributed by atoms with van der Waals surface area (Å²) in [7, 11) is 1.47. The van der Waals surface area contributed by atoms with Gasteiger partial charge in [-0.05, 0) is 59.2 Å². The van der Waals surface area contributed by atoms with E-state index in [4.69, 9.17) is 4.74 Å². The fraction of sp³-hybridized carbons (Fsp3) is 0.368. The smallest absolute Gasteiger partial charge is 0.160 e. The minimum atomic E-state index is -0.339. The summed E-state index contributed by atoms with van der Waals surface area (Å²) in [5, 5.41) is 49.3. The molecule has 0 saturated carbocycles. The van der Waals surface area contributed by atoms with Crippen LogP contribution in [-0.4, -0.2) is 45.9 Å². The number of aromatic hydroxyl groups is 3. The first-order valence-electron chi connectivity index (χ1n) is 8.13. The summed E-state index contributed by atoms with van der Waals surface area (Å²) in [5.41, 5.74) is 2.42. The molecule has 25 heavy (non-hydrogen) atoms. The highest BCUT2D eigenvalue weighted by molar-refractivity contribution is 5.53. The molecule has 6 nitrogen and oxygen atoms in total. The number of benzene rings is 2. The number of ether oxygens (including phenoxy) is 1. The average Bonchev–Trinajstić information content (AvgIpc) is 2.62. The van der Waals surface area contributed by atoms with E-state index >= 15 is 0 Å². The van der Waals surface area contributed by atoms with E-state index in [0.717, 1.165) is 11.1 Å². The first kappa shape index (κ1) is 17.4. The van der Waals surface area contributed by atoms with E-state index < -0.39 is 0 Å². The van der Waals surface area contributed by atoms with Crippen molar-refractivity contribution in [2.24, 2.45) is 11.8 Å². The molecule has 0 aliphatic heterocycles. The minimum absolute atomic E-state index is 0.00612. The number of phenols is 3. The lowest BCUT2D eigenvalue weighted by atomic mass is 9.67. The summed E-state index contributed by atoms with van der Waals surface area (Å²) < 4.78 is 5.17. The van der Waals surface area contributed by atoms with Gasteiger partial charge in [-0.3, -0.25) is 0 Å². The van der Waals surface area contributed by atoms with Crippen molar-refractivity contribution in [3.63, 3.8) is 0 Å². The van der Waals surface area contributed by atoms with Crippen LogP contribution in [0.25, 0.3) is 0 Å². The Kier molecular flexibility index (Phi) is 4.74. The number of fused-ring (bicyclic) bond motifs is 1. The summed E-state index contributed by atoms with van der Waals surface area (Å²) in [5.74, 6) is -0.925. The maximum Gasteiger partial charge on any atom is 0.160 e. The van der Waals surface area contributed by atoms with E-state index in [1.807, 2.05) is 0 Å². The maximum absolute atomic E-state index is 10.2. The van der Waals surface area contributed by atoms with Gasteiger partial charge < -0.3 is 30.3 Å². The van der Waals surface area contributed by atoms with Crippen molar-refractivity contribution in [3.05, 3.63) is 47.0 Å². The van der Waals surface area contributed by atoms with Crippen LogP contribution in [0.1, 0.15) is 22.6 Å². The fourth-order valence-corrected chi connectivity index (χ4v) is 3.81. The first-order valence-corrected chi connectivity index (χ1v) is 8.13. The summed E-state index contributed by atoms with van der Waals surface area (Å²) in [6, 6.07) is 7.87. The zero-order chi connectivity index (χ0) is 18.1. The molecular formula is C19H22O6. The normalized spacial score (nSPS) is 22.4. The van der Waals surface area contributed by atoms with Gasteiger partial charge in [-0.25, -0.2) is 0 Å². The van der Waals surface area contributed by atoms with Crippen molar-refractivity contribution in [1.29, 1.82) is 0 Å². The molecule has 0 saturated heterocycles. The number of hydrogen-bond donors (Lipinski definition) is 5. The van der Waals surface area contributed by atoms with Crippen LogP contribution >= 0.6 is 0 Å². The number of aliphatic hydroxyl groups is 2. The van der Waals surface area contributed by atoms with E-state index in [-0.39, 0.29) is 48.2 Å². The monoisotopic (exact) mass is 346 g/mol. The molecule has 1 aliphatic carbocycles. The fourth-order valence-electron chi connectivity index (χ4n) is 3.81. The molecule has 2 aromatic carbocycles. The molecule has 0 amide bonds. The summed E-state index contributed by atoms with van der Waals surface area (Å²) in [4.78, 5) is 0. The highest BCUT2D eigenvalue weighted by atomic mass is 16.5. The lowest BCUT2D eigenvalue weighted by molar-refractivity contribution is 0.101. The average molecular weight is 346 g/mol. The van der Waals surface area contributed by atoms with Crippen LogP contribution in [0.4, 0.5) is 0 Å². The van der Waals surface area contributed by atoms with Crippen molar-refractivity contribution < 1.29 is 30.3 Å². The molecule has 3 atom stereocenters. The predicted molar refractivity (Wildman–Crippen MR) is 91.1 cm³/mol. The molecule has 2 aromatic rings. The molecule has 5 N–H and O–H groups in total. The van der Waals surface area contributed by atoms with Gasteiger partial charge in [-0.1, -0.05) is 6.07 Å². The van der Waals surface area contributed by atoms with E-state index in [0.29, 0.717) is 17.7 Å². The summed E-state index contributed by atoms with van der Waals surface area (Å²) in [6.45, 7) is -0.238. The van der Waals surface area contributed by atoms with Gasteiger partial charge in [-0.15, -0.1) is 0 Å². The van der Waals surface area contributed by atoms with Gasteiger partial charge in [-0.2, -0.15) is 0 Å². The Morgan fingerprint density at radius 1 is 0.960 bits per heavy atom. The van der Waals surface area contributed by atoms with Crippen molar-refractivity contribution in [2.75, 3.05) is 20.3 Å². The van der Waals surface area contributed by atoms with Gasteiger partial charge >= 0.3 is 0 Å². The topological polar surface area (TPSA) is 110 Å². The zero-order valence-electron chi connectivity index (χ0n) is 13.9. The molecule has 134 valence electrons. The Hall–Kier alpha value is -2.44. The second-order valence-electron chi connectivity index (χ2n) is 6.44. The van der Waals surface area contributed by atoms with Gasteiger partial charge in [0.2, 0.25) is 0 Å². The molecule has 0 heterocycles. The second-order valence-corrected chi connectivity index (χ2v) is 6.44. The number of rotatable bonds is 4. The van der Waals surface area contributed by atoms with E-state index in [1.54, 1.807) is 18.2 Å². The standard InChI is InChI=1S/C19H22O6/c1-25-18-6-11-4-12(8-20)14(9-21)19(13(11)7-17(18)24)10-2-3-15(22)16(23)5-10/h2-3,5-7,12,14,19-24H,4,8-9H2,1H3/t12-,14-,19-/m1/s1. The van der Waals surface area contributed by atoms with Crippen LogP contribution < -0.4 is 4.74 Å². The van der Waals surface area contributed by atoms with Gasteiger partial charge in [0.25, 0.3) is 0 Å². The van der Waals surface area contributed by atoms with Crippen molar-refractivity contribution >= 4 is 0 Å². The Bertz CT molecular complexity index is 773. The van der Waals surface area contributed by atoms with Gasteiger partial charge in [0.05, 0.1) is 7.11 Å². The third kappa shape index (κ3) is 2.99. The first-order chi connectivity index (χ1) is 12.0. The molecule has 6 heteroatoms. The number of aliphatic hydroxyl groups excluding tert-OH is 2. The minimum Gasteiger partial charge on any atom is -0.504 e. The molecular weight excluding hydrogens is 324 g/mol. The highest BCUT2D eigenvalue weighted by Gasteiger charge is 2.38. The quantitative estimate of drug-likeness (QED) is 0.539. The maximum atomic E-state index is 10.2. The van der Waals surface area contributed by atoms with Gasteiger partial charge in [0.1, 0.15) is 0 Å². The lowest BCUT2D eigenvalue weighted by Crippen LogP contribution is -2.35. The van der Waals surface area contributed by atoms with E-state index in [2.05, 4.69) is 0 Å². The zero-order valence-corrected chi connectivity index (χ0v) is 13.9. The summed E-state index contributed by atoms with van der Waals surface area (Å²) in [6.07, 6.45) is 0.550. The van der Waals surface area contributed by atoms with Crippen LogP contribution in [0.5, 0.6) is 23.0 Å². The molecule has 0 aromatic heterocycles. The summed E-state index contributed by atoms with van der Waals surface area (Å²) >= 11 is 0. The molecule has 0 radical (unpaired) electrons. The third-order valence-corrected chi connectivity index (χ3v) is 5.10. The van der Waals surface area contributed by atoms with Crippen LogP contribution in [0.15, 0.2) is 30.3 Å². The highest BCUT2D eigenvalue weighted by Crippen LogP contribution is 2.47. The molecule has 0 bridgehead atoms. The van der Waals surface area contributed by atoms with Gasteiger partial charge in [0.15, 0.2) is 23.0 Å². The molecule has 0 spiro atoms. The number of methoxy groups -OCH3 is 1. The van der Waals surface area contributed by atoms with Crippen molar-refractivity contribution in [2.45, 2.75) is 12.3 Å². The Balaban J connectivity index is 2.19. The Morgan fingerprint density at radius 3 is 2.32 bits per heavy atom. The molecule has 1 aliphatic rings. The van der Waals surface area contributed by atoms with Crippen molar-refractivity contribution in [3.8, 4) is 23.0 Å². The Morgan fingerprint density at radius 2 is 1.72 bits per heavy atom. The van der Waals surface area contributed by atoms with E-state index in [9.17, 15) is 25.5 Å². The lowest BCUT2D eigenvalue weighted by Gasteiger charge is -2.38. The van der Waals surface area contributed by atoms with Gasteiger partial charge in [0, 0.05) is 19.1 Å². The SMILES string of the molecule is COc1cc2c(cc1O)[C@@H](c1ccc(O)c(O)c1)[C@H](CO)[C@@H](CO)C2. The van der Waals surface area contributed by atoms with Crippen molar-refractivity contribution in [1.82, 2.24) is 0 Å². The Labute approximate surface area is 145 Å². The van der Waals surface area contributed by atoms with E-state index in [1.165, 1.54) is 19.2 Å². The molecule has 0 fully saturated rings. The molecule has 0 unspecified atom stereocenters. The third-order valence-electron chi connectivity index (χ3n) is 5.10. The van der Waals surface area contributed by atoms with Crippen LogP contribution in [0, 0.1) is 11.8 Å². The predicted octanol–water partition coefficient (Wildman–Crippen LogP) is 1.72. The largest absolute Gasteiger partial charge is 0.504 e. The number of hydrogen-bond acceptors (Lipinski definition) is 6. The van der Waals surface area contributed by atoms with Crippen LogP contribution in [-0.2, 0) is 6.42 Å². The second kappa shape index (κ2) is 6.82.